The van der Waals surface area contributed by atoms with Crippen LogP contribution in [0.4, 0.5) is 5.69 Å². The molecule has 0 heterocycles. The van der Waals surface area contributed by atoms with Crippen molar-refractivity contribution < 1.29 is 18.0 Å². The number of hydrogen-bond donors (Lipinski definition) is 1. The van der Waals surface area contributed by atoms with E-state index in [1.54, 1.807) is 6.07 Å². The van der Waals surface area contributed by atoms with Crippen LogP contribution in [0.2, 0.25) is 0 Å². The van der Waals surface area contributed by atoms with Crippen LogP contribution < -0.4 is 9.62 Å². The first-order valence-electron chi connectivity index (χ1n) is 12.7. The normalized spacial score (nSPS) is 12.0. The SMILES string of the molecule is CCNC(=O)C(Cc1ccccc1)N(Cc1cccc(C)c1)C(=O)CN(c1ccc(C)cc1C)S(C)(=O)=O. The Morgan fingerprint density at radius 2 is 1.53 bits per heavy atom. The van der Waals surface area contributed by atoms with Gasteiger partial charge in [-0.2, -0.15) is 0 Å². The maximum absolute atomic E-state index is 14.0. The fourth-order valence-corrected chi connectivity index (χ4v) is 5.44. The molecule has 0 aliphatic heterocycles. The number of amides is 2. The Morgan fingerprint density at radius 3 is 2.13 bits per heavy atom. The zero-order valence-electron chi connectivity index (χ0n) is 22.8. The lowest BCUT2D eigenvalue weighted by atomic mass is 10.0. The van der Waals surface area contributed by atoms with E-state index < -0.39 is 28.5 Å². The highest BCUT2D eigenvalue weighted by Gasteiger charge is 2.33. The molecule has 0 aliphatic carbocycles. The minimum absolute atomic E-state index is 0.166. The molecule has 1 atom stereocenters. The summed E-state index contributed by atoms with van der Waals surface area (Å²) in [5.74, 6) is -0.737. The molecule has 0 aromatic heterocycles. The molecule has 38 heavy (non-hydrogen) atoms. The van der Waals surface area contributed by atoms with Crippen LogP contribution in [0.25, 0.3) is 0 Å². The lowest BCUT2D eigenvalue weighted by Gasteiger charge is -2.33. The van der Waals surface area contributed by atoms with E-state index in [1.165, 1.54) is 4.90 Å². The van der Waals surface area contributed by atoms with Gasteiger partial charge in [-0.3, -0.25) is 13.9 Å². The Labute approximate surface area is 226 Å². The van der Waals surface area contributed by atoms with Crippen molar-refractivity contribution >= 4 is 27.5 Å². The van der Waals surface area contributed by atoms with Crippen molar-refractivity contribution in [3.8, 4) is 0 Å². The van der Waals surface area contributed by atoms with Crippen LogP contribution >= 0.6 is 0 Å². The third-order valence-corrected chi connectivity index (χ3v) is 7.48. The summed E-state index contributed by atoms with van der Waals surface area (Å²) in [6.45, 7) is 7.70. The molecule has 3 rings (SSSR count). The molecule has 0 fully saturated rings. The number of sulfonamides is 1. The standard InChI is InChI=1S/C30H37N3O4S/c1-6-31-30(35)28(19-25-12-8-7-9-13-25)32(20-26-14-10-11-22(2)18-26)29(34)21-33(38(5,36)37)27-16-15-23(3)17-24(27)4/h7-18,28H,6,19-21H2,1-5H3,(H,31,35). The van der Waals surface area contributed by atoms with Crippen molar-refractivity contribution in [3.63, 3.8) is 0 Å². The van der Waals surface area contributed by atoms with Crippen molar-refractivity contribution in [2.75, 3.05) is 23.7 Å². The van der Waals surface area contributed by atoms with Crippen LogP contribution in [0.5, 0.6) is 0 Å². The lowest BCUT2D eigenvalue weighted by Crippen LogP contribution is -2.53. The van der Waals surface area contributed by atoms with Crippen molar-refractivity contribution in [1.29, 1.82) is 0 Å². The van der Waals surface area contributed by atoms with Crippen molar-refractivity contribution in [3.05, 3.63) is 101 Å². The summed E-state index contributed by atoms with van der Waals surface area (Å²) >= 11 is 0. The zero-order chi connectivity index (χ0) is 27.9. The number of rotatable bonds is 11. The topological polar surface area (TPSA) is 86.8 Å². The van der Waals surface area contributed by atoms with E-state index in [9.17, 15) is 18.0 Å². The van der Waals surface area contributed by atoms with Gasteiger partial charge in [0.25, 0.3) is 0 Å². The molecule has 1 unspecified atom stereocenters. The molecule has 1 N–H and O–H groups in total. The fraction of sp³-hybridized carbons (Fsp3) is 0.333. The van der Waals surface area contributed by atoms with Gasteiger partial charge in [0.05, 0.1) is 11.9 Å². The number of likely N-dealkylation sites (N-methyl/N-ethyl adjacent to an activating group) is 1. The quantitative estimate of drug-likeness (QED) is 0.400. The minimum Gasteiger partial charge on any atom is -0.355 e. The van der Waals surface area contributed by atoms with Gasteiger partial charge in [0, 0.05) is 19.5 Å². The number of hydrogen-bond acceptors (Lipinski definition) is 4. The molecule has 3 aromatic rings. The Kier molecular flexibility index (Phi) is 9.69. The third-order valence-electron chi connectivity index (χ3n) is 6.36. The van der Waals surface area contributed by atoms with E-state index in [2.05, 4.69) is 5.32 Å². The first-order chi connectivity index (χ1) is 18.0. The van der Waals surface area contributed by atoms with Gasteiger partial charge >= 0.3 is 0 Å². The number of nitrogens with zero attached hydrogens (tertiary/aromatic N) is 2. The Balaban J connectivity index is 2.06. The second-order valence-corrected chi connectivity index (χ2v) is 11.6. The predicted molar refractivity (Wildman–Crippen MR) is 152 cm³/mol. The molecule has 0 radical (unpaired) electrons. The van der Waals surface area contributed by atoms with E-state index >= 15 is 0 Å². The smallest absolute Gasteiger partial charge is 0.244 e. The van der Waals surface area contributed by atoms with Gasteiger partial charge in [0.15, 0.2) is 0 Å². The molecular formula is C30H37N3O4S. The molecule has 8 heteroatoms. The second kappa shape index (κ2) is 12.7. The monoisotopic (exact) mass is 535 g/mol. The lowest BCUT2D eigenvalue weighted by molar-refractivity contribution is -0.140. The predicted octanol–water partition coefficient (Wildman–Crippen LogP) is 4.15. The van der Waals surface area contributed by atoms with Gasteiger partial charge in [0.2, 0.25) is 21.8 Å². The van der Waals surface area contributed by atoms with Gasteiger partial charge in [-0.1, -0.05) is 77.9 Å². The van der Waals surface area contributed by atoms with Crippen molar-refractivity contribution in [2.45, 2.75) is 46.7 Å². The molecule has 0 saturated carbocycles. The van der Waals surface area contributed by atoms with E-state index in [1.807, 2.05) is 94.4 Å². The second-order valence-electron chi connectivity index (χ2n) is 9.67. The maximum atomic E-state index is 14.0. The average Bonchev–Trinajstić information content (AvgIpc) is 2.85. The highest BCUT2D eigenvalue weighted by Crippen LogP contribution is 2.25. The first kappa shape index (κ1) is 28.9. The van der Waals surface area contributed by atoms with Crippen molar-refractivity contribution in [2.24, 2.45) is 0 Å². The van der Waals surface area contributed by atoms with Crippen LogP contribution in [-0.4, -0.2) is 50.5 Å². The summed E-state index contributed by atoms with van der Waals surface area (Å²) in [5, 5.41) is 2.86. The van der Waals surface area contributed by atoms with E-state index in [0.29, 0.717) is 18.7 Å². The van der Waals surface area contributed by atoms with Gasteiger partial charge in [-0.05, 0) is 50.5 Å². The Morgan fingerprint density at radius 1 is 0.868 bits per heavy atom. The number of carbonyl (C=O) groups excluding carboxylic acids is 2. The van der Waals surface area contributed by atoms with Crippen molar-refractivity contribution in [1.82, 2.24) is 10.2 Å². The van der Waals surface area contributed by atoms with E-state index in [-0.39, 0.29) is 12.5 Å². The van der Waals surface area contributed by atoms with E-state index in [4.69, 9.17) is 0 Å². The maximum Gasteiger partial charge on any atom is 0.244 e. The van der Waals surface area contributed by atoms with Gasteiger partial charge in [-0.15, -0.1) is 0 Å². The Hall–Kier alpha value is -3.65. The van der Waals surface area contributed by atoms with Crippen LogP contribution in [0.1, 0.15) is 34.7 Å². The highest BCUT2D eigenvalue weighted by atomic mass is 32.2. The summed E-state index contributed by atoms with van der Waals surface area (Å²) in [6.07, 6.45) is 1.39. The number of nitrogens with one attached hydrogen (secondary N) is 1. The minimum atomic E-state index is -3.79. The van der Waals surface area contributed by atoms with Crippen LogP contribution in [-0.2, 0) is 32.6 Å². The number of anilines is 1. The van der Waals surface area contributed by atoms with E-state index in [0.717, 1.165) is 38.4 Å². The summed E-state index contributed by atoms with van der Waals surface area (Å²) in [4.78, 5) is 28.9. The summed E-state index contributed by atoms with van der Waals surface area (Å²) in [7, 11) is -3.79. The number of carbonyl (C=O) groups is 2. The van der Waals surface area contributed by atoms with Gasteiger partial charge < -0.3 is 10.2 Å². The largest absolute Gasteiger partial charge is 0.355 e. The fourth-order valence-electron chi connectivity index (χ4n) is 4.53. The average molecular weight is 536 g/mol. The molecule has 2 amide bonds. The molecular weight excluding hydrogens is 498 g/mol. The molecule has 7 nitrogen and oxygen atoms in total. The first-order valence-corrected chi connectivity index (χ1v) is 14.6. The molecule has 0 spiro atoms. The summed E-state index contributed by atoms with van der Waals surface area (Å²) < 4.78 is 26.9. The van der Waals surface area contributed by atoms with Crippen LogP contribution in [0, 0.1) is 20.8 Å². The van der Waals surface area contributed by atoms with Crippen LogP contribution in [0.3, 0.4) is 0 Å². The zero-order valence-corrected chi connectivity index (χ0v) is 23.6. The van der Waals surface area contributed by atoms with Gasteiger partial charge in [0.1, 0.15) is 12.6 Å². The summed E-state index contributed by atoms with van der Waals surface area (Å²) in [5.41, 5.74) is 4.97. The molecule has 0 bridgehead atoms. The number of benzene rings is 3. The molecule has 3 aromatic carbocycles. The van der Waals surface area contributed by atoms with Gasteiger partial charge in [-0.25, -0.2) is 8.42 Å². The number of aryl methyl sites for hydroxylation is 3. The molecule has 0 aliphatic rings. The van der Waals surface area contributed by atoms with Crippen LogP contribution in [0.15, 0.2) is 72.8 Å². The molecule has 0 saturated heterocycles. The Bertz CT molecular complexity index is 1370. The molecule has 202 valence electrons. The highest BCUT2D eigenvalue weighted by molar-refractivity contribution is 7.92. The summed E-state index contributed by atoms with van der Waals surface area (Å²) in [6, 6.07) is 21.9. The third kappa shape index (κ3) is 7.68.